The van der Waals surface area contributed by atoms with Gasteiger partial charge in [-0.05, 0) is 24.0 Å². The Morgan fingerprint density at radius 1 is 1.24 bits per heavy atom. The first-order chi connectivity index (χ1) is 10.3. The summed E-state index contributed by atoms with van der Waals surface area (Å²) < 4.78 is 5.29. The third-order valence-electron chi connectivity index (χ3n) is 3.84. The fraction of sp³-hybridized carbons (Fsp3) is 0.200. The molecule has 2 heterocycles. The third kappa shape index (κ3) is 1.91. The van der Waals surface area contributed by atoms with Gasteiger partial charge in [-0.25, -0.2) is 0 Å². The molecule has 1 aliphatic rings. The Bertz CT molecular complexity index is 817. The molecular weight excluding hydrogens is 266 g/mol. The zero-order valence-electron chi connectivity index (χ0n) is 11.1. The molecule has 2 aromatic heterocycles. The lowest BCUT2D eigenvalue weighted by molar-refractivity contribution is 0.416. The zero-order valence-corrected chi connectivity index (χ0v) is 11.1. The van der Waals surface area contributed by atoms with E-state index in [0.29, 0.717) is 23.0 Å². The average Bonchev–Trinajstić information content (AvgIpc) is 3.23. The molecule has 4 rings (SSSR count). The van der Waals surface area contributed by atoms with Crippen molar-refractivity contribution in [3.63, 3.8) is 0 Å². The molecule has 0 amide bonds. The maximum atomic E-state index is 8.99. The second-order valence-electron chi connectivity index (χ2n) is 5.10. The number of hydrogen-bond donors (Lipinski definition) is 1. The van der Waals surface area contributed by atoms with Crippen LogP contribution in [0.3, 0.4) is 0 Å². The third-order valence-corrected chi connectivity index (χ3v) is 3.84. The summed E-state index contributed by atoms with van der Waals surface area (Å²) in [5.41, 5.74) is 3.57. The SMILES string of the molecule is N#Cc1[nH]ncc1-c1nc(C2Cc3ccccc3C2)no1. The van der Waals surface area contributed by atoms with Gasteiger partial charge in [0.15, 0.2) is 5.82 Å². The normalized spacial score (nSPS) is 14.0. The van der Waals surface area contributed by atoms with Crippen LogP contribution in [0.4, 0.5) is 0 Å². The van der Waals surface area contributed by atoms with E-state index in [2.05, 4.69) is 32.5 Å². The van der Waals surface area contributed by atoms with E-state index >= 15 is 0 Å². The number of aromatic amines is 1. The van der Waals surface area contributed by atoms with Crippen LogP contribution in [0.25, 0.3) is 11.5 Å². The maximum absolute atomic E-state index is 8.99. The summed E-state index contributed by atoms with van der Waals surface area (Å²) in [6, 6.07) is 10.4. The molecule has 21 heavy (non-hydrogen) atoms. The molecule has 6 heteroatoms. The van der Waals surface area contributed by atoms with Crippen LogP contribution in [-0.4, -0.2) is 20.3 Å². The standard InChI is InChI=1S/C15H11N5O/c16-7-13-12(8-17-19-13)15-18-14(20-21-15)11-5-9-3-1-2-4-10(9)6-11/h1-4,8,11H,5-6H2,(H,17,19). The molecule has 0 radical (unpaired) electrons. The van der Waals surface area contributed by atoms with Crippen molar-refractivity contribution in [2.75, 3.05) is 0 Å². The van der Waals surface area contributed by atoms with Gasteiger partial charge in [0.25, 0.3) is 5.89 Å². The van der Waals surface area contributed by atoms with Gasteiger partial charge in [-0.15, -0.1) is 0 Å². The molecule has 0 unspecified atom stereocenters. The van der Waals surface area contributed by atoms with E-state index in [1.54, 1.807) is 0 Å². The van der Waals surface area contributed by atoms with Crippen molar-refractivity contribution in [1.82, 2.24) is 20.3 Å². The van der Waals surface area contributed by atoms with Crippen molar-refractivity contribution in [2.45, 2.75) is 18.8 Å². The Morgan fingerprint density at radius 3 is 2.71 bits per heavy atom. The van der Waals surface area contributed by atoms with Gasteiger partial charge in [-0.3, -0.25) is 5.10 Å². The molecule has 0 saturated heterocycles. The van der Waals surface area contributed by atoms with Crippen LogP contribution in [0.5, 0.6) is 0 Å². The highest BCUT2D eigenvalue weighted by atomic mass is 16.5. The molecule has 0 aliphatic heterocycles. The van der Waals surface area contributed by atoms with E-state index in [1.165, 1.54) is 17.3 Å². The van der Waals surface area contributed by atoms with Crippen LogP contribution in [-0.2, 0) is 12.8 Å². The van der Waals surface area contributed by atoms with E-state index in [0.717, 1.165) is 12.8 Å². The number of nitriles is 1. The predicted octanol–water partition coefficient (Wildman–Crippen LogP) is 2.21. The minimum Gasteiger partial charge on any atom is -0.334 e. The Kier molecular flexibility index (Phi) is 2.57. The molecule has 0 bridgehead atoms. The second kappa shape index (κ2) is 4.56. The molecule has 1 aliphatic carbocycles. The Morgan fingerprint density at radius 2 is 2.00 bits per heavy atom. The van der Waals surface area contributed by atoms with Gasteiger partial charge in [-0.2, -0.15) is 15.3 Å². The molecule has 6 nitrogen and oxygen atoms in total. The summed E-state index contributed by atoms with van der Waals surface area (Å²) in [7, 11) is 0. The first-order valence-corrected chi connectivity index (χ1v) is 6.69. The lowest BCUT2D eigenvalue weighted by Gasteiger charge is -2.00. The number of benzene rings is 1. The van der Waals surface area contributed by atoms with Crippen molar-refractivity contribution in [1.29, 1.82) is 5.26 Å². The highest BCUT2D eigenvalue weighted by Gasteiger charge is 2.27. The largest absolute Gasteiger partial charge is 0.334 e. The van der Waals surface area contributed by atoms with Crippen molar-refractivity contribution >= 4 is 0 Å². The van der Waals surface area contributed by atoms with Gasteiger partial charge in [0, 0.05) is 5.92 Å². The van der Waals surface area contributed by atoms with Crippen LogP contribution >= 0.6 is 0 Å². The molecule has 0 fully saturated rings. The number of aromatic nitrogens is 4. The van der Waals surface area contributed by atoms with E-state index in [1.807, 2.05) is 18.2 Å². The van der Waals surface area contributed by atoms with Crippen LogP contribution in [0.15, 0.2) is 35.0 Å². The number of rotatable bonds is 2. The van der Waals surface area contributed by atoms with Crippen LogP contribution < -0.4 is 0 Å². The molecule has 0 spiro atoms. The molecule has 0 saturated carbocycles. The van der Waals surface area contributed by atoms with Crippen LogP contribution in [0.2, 0.25) is 0 Å². The zero-order chi connectivity index (χ0) is 14.2. The Balaban J connectivity index is 1.64. The average molecular weight is 277 g/mol. The van der Waals surface area contributed by atoms with Crippen molar-refractivity contribution in [2.24, 2.45) is 0 Å². The quantitative estimate of drug-likeness (QED) is 0.775. The van der Waals surface area contributed by atoms with E-state index in [4.69, 9.17) is 9.78 Å². The van der Waals surface area contributed by atoms with E-state index < -0.39 is 0 Å². The summed E-state index contributed by atoms with van der Waals surface area (Å²) in [5.74, 6) is 1.26. The smallest absolute Gasteiger partial charge is 0.262 e. The number of fused-ring (bicyclic) bond motifs is 1. The number of nitrogens with zero attached hydrogens (tertiary/aromatic N) is 4. The molecule has 102 valence electrons. The first kappa shape index (κ1) is 11.9. The van der Waals surface area contributed by atoms with Crippen molar-refractivity contribution in [3.8, 4) is 17.5 Å². The Labute approximate surface area is 120 Å². The number of nitrogens with one attached hydrogen (secondary N) is 1. The van der Waals surface area contributed by atoms with Crippen LogP contribution in [0.1, 0.15) is 28.6 Å². The fourth-order valence-corrected chi connectivity index (χ4v) is 2.79. The lowest BCUT2D eigenvalue weighted by Crippen LogP contribution is -2.00. The number of hydrogen-bond acceptors (Lipinski definition) is 5. The maximum Gasteiger partial charge on any atom is 0.262 e. The highest BCUT2D eigenvalue weighted by molar-refractivity contribution is 5.59. The number of H-pyrrole nitrogens is 1. The molecular formula is C15H11N5O. The molecule has 1 N–H and O–H groups in total. The van der Waals surface area contributed by atoms with Crippen molar-refractivity contribution in [3.05, 3.63) is 53.1 Å². The fourth-order valence-electron chi connectivity index (χ4n) is 2.79. The minimum absolute atomic E-state index is 0.234. The predicted molar refractivity (Wildman–Crippen MR) is 73.2 cm³/mol. The summed E-state index contributed by atoms with van der Waals surface area (Å²) in [6.45, 7) is 0. The van der Waals surface area contributed by atoms with E-state index in [-0.39, 0.29) is 5.92 Å². The molecule has 0 atom stereocenters. The minimum atomic E-state index is 0.234. The molecule has 1 aromatic carbocycles. The van der Waals surface area contributed by atoms with Gasteiger partial charge in [0.05, 0.1) is 11.8 Å². The second-order valence-corrected chi connectivity index (χ2v) is 5.10. The first-order valence-electron chi connectivity index (χ1n) is 6.69. The summed E-state index contributed by atoms with van der Waals surface area (Å²) in [6.07, 6.45) is 3.37. The lowest BCUT2D eigenvalue weighted by atomic mass is 10.1. The molecule has 3 aromatic rings. The van der Waals surface area contributed by atoms with E-state index in [9.17, 15) is 0 Å². The summed E-state index contributed by atoms with van der Waals surface area (Å²) in [5, 5.41) is 19.5. The van der Waals surface area contributed by atoms with Gasteiger partial charge in [-0.1, -0.05) is 29.4 Å². The van der Waals surface area contributed by atoms with Crippen LogP contribution in [0, 0.1) is 11.3 Å². The van der Waals surface area contributed by atoms with Crippen molar-refractivity contribution < 1.29 is 4.52 Å². The monoisotopic (exact) mass is 277 g/mol. The summed E-state index contributed by atoms with van der Waals surface area (Å²) in [4.78, 5) is 4.44. The van der Waals surface area contributed by atoms with Gasteiger partial charge >= 0.3 is 0 Å². The highest BCUT2D eigenvalue weighted by Crippen LogP contribution is 2.33. The summed E-state index contributed by atoms with van der Waals surface area (Å²) >= 11 is 0. The Hall–Kier alpha value is -2.94. The van der Waals surface area contributed by atoms with Gasteiger partial charge in [0.1, 0.15) is 11.8 Å². The van der Waals surface area contributed by atoms with Gasteiger partial charge < -0.3 is 4.52 Å². The van der Waals surface area contributed by atoms with Gasteiger partial charge in [0.2, 0.25) is 0 Å². The topological polar surface area (TPSA) is 91.4 Å².